The molecule has 0 unspecified atom stereocenters. The van der Waals surface area contributed by atoms with Gasteiger partial charge >= 0.3 is 0 Å². The number of rotatable bonds is 3. The van der Waals surface area contributed by atoms with Crippen LogP contribution in [0.2, 0.25) is 0 Å². The molecule has 7 heteroatoms. The molecule has 3 rings (SSSR count). The van der Waals surface area contributed by atoms with Crippen LogP contribution in [0, 0.1) is 24.1 Å². The first-order chi connectivity index (χ1) is 11.1. The molecule has 0 saturated carbocycles. The number of ether oxygens (including phenoxy) is 1. The minimum absolute atomic E-state index is 0.0387. The second kappa shape index (κ2) is 6.44. The van der Waals surface area contributed by atoms with Gasteiger partial charge in [-0.25, -0.2) is 4.39 Å². The molecular formula is C16H17FN4O2. The minimum atomic E-state index is -0.459. The van der Waals surface area contributed by atoms with Crippen molar-refractivity contribution in [3.63, 3.8) is 0 Å². The summed E-state index contributed by atoms with van der Waals surface area (Å²) in [6, 6.07) is 6.74. The number of nitrogens with zero attached hydrogens (tertiary/aromatic N) is 4. The molecule has 120 valence electrons. The van der Waals surface area contributed by atoms with Gasteiger partial charge in [0.1, 0.15) is 18.0 Å². The Morgan fingerprint density at radius 1 is 1.43 bits per heavy atom. The monoisotopic (exact) mass is 316 g/mol. The van der Waals surface area contributed by atoms with Crippen molar-refractivity contribution < 1.29 is 13.7 Å². The van der Waals surface area contributed by atoms with Crippen molar-refractivity contribution in [3.05, 3.63) is 46.9 Å². The Hall–Kier alpha value is -2.30. The normalized spacial score (nSPS) is 22.0. The Morgan fingerprint density at radius 3 is 2.96 bits per heavy atom. The smallest absolute Gasteiger partial charge is 0.257 e. The van der Waals surface area contributed by atoms with Gasteiger partial charge in [0.2, 0.25) is 0 Å². The van der Waals surface area contributed by atoms with Gasteiger partial charge in [-0.3, -0.25) is 4.90 Å². The lowest BCUT2D eigenvalue weighted by Gasteiger charge is -2.35. The van der Waals surface area contributed by atoms with Crippen LogP contribution < -0.4 is 0 Å². The maximum Gasteiger partial charge on any atom is 0.257 e. The maximum absolute atomic E-state index is 14.2. The Labute approximate surface area is 133 Å². The summed E-state index contributed by atoms with van der Waals surface area (Å²) in [6.45, 7) is 5.30. The van der Waals surface area contributed by atoms with Gasteiger partial charge in [0.25, 0.3) is 5.89 Å². The van der Waals surface area contributed by atoms with Crippen molar-refractivity contribution in [3.8, 4) is 6.07 Å². The van der Waals surface area contributed by atoms with Crippen molar-refractivity contribution in [2.45, 2.75) is 32.6 Å². The second-order valence-electron chi connectivity index (χ2n) is 5.70. The average Bonchev–Trinajstić information content (AvgIpc) is 2.95. The topological polar surface area (TPSA) is 75.2 Å². The average molecular weight is 316 g/mol. The summed E-state index contributed by atoms with van der Waals surface area (Å²) in [5.41, 5.74) is 0.562. The van der Waals surface area contributed by atoms with Crippen LogP contribution in [-0.4, -0.2) is 34.2 Å². The van der Waals surface area contributed by atoms with Gasteiger partial charge < -0.3 is 9.26 Å². The molecule has 2 atom stereocenters. The second-order valence-corrected chi connectivity index (χ2v) is 5.70. The zero-order valence-electron chi connectivity index (χ0n) is 13.0. The molecule has 1 aliphatic rings. The highest BCUT2D eigenvalue weighted by Gasteiger charge is 2.30. The predicted octanol–water partition coefficient (Wildman–Crippen LogP) is 2.35. The van der Waals surface area contributed by atoms with Gasteiger partial charge in [0.15, 0.2) is 5.82 Å². The Morgan fingerprint density at radius 2 is 2.26 bits per heavy atom. The van der Waals surface area contributed by atoms with Gasteiger partial charge in [0, 0.05) is 25.2 Å². The number of nitriles is 1. The van der Waals surface area contributed by atoms with E-state index in [1.54, 1.807) is 19.1 Å². The highest BCUT2D eigenvalue weighted by Crippen LogP contribution is 2.26. The zero-order chi connectivity index (χ0) is 16.4. The predicted molar refractivity (Wildman–Crippen MR) is 78.7 cm³/mol. The van der Waals surface area contributed by atoms with Crippen LogP contribution in [0.5, 0.6) is 0 Å². The van der Waals surface area contributed by atoms with E-state index in [2.05, 4.69) is 15.0 Å². The Bertz CT molecular complexity index is 740. The van der Waals surface area contributed by atoms with E-state index in [-0.39, 0.29) is 17.8 Å². The summed E-state index contributed by atoms with van der Waals surface area (Å²) in [5, 5.41) is 12.7. The van der Waals surface area contributed by atoms with Crippen LogP contribution in [-0.2, 0) is 11.3 Å². The lowest BCUT2D eigenvalue weighted by molar-refractivity contribution is -0.0932. The fourth-order valence-electron chi connectivity index (χ4n) is 2.78. The van der Waals surface area contributed by atoms with E-state index in [0.717, 1.165) is 0 Å². The molecule has 1 saturated heterocycles. The number of aromatic nitrogens is 2. The molecule has 0 bridgehead atoms. The summed E-state index contributed by atoms with van der Waals surface area (Å²) in [5.74, 6) is 0.533. The van der Waals surface area contributed by atoms with E-state index in [1.807, 2.05) is 13.0 Å². The molecule has 1 aromatic heterocycles. The van der Waals surface area contributed by atoms with Crippen molar-refractivity contribution in [1.29, 1.82) is 5.26 Å². The standard InChI is InChI=1S/C16H17FN4O2/c1-10-7-21(8-13-5-3-4-12(6-18)15(13)17)9-14(22-10)16-19-11(2)20-23-16/h3-5,10,14H,7-9H2,1-2H3/t10-,14-/m1/s1. The summed E-state index contributed by atoms with van der Waals surface area (Å²) < 4.78 is 25.3. The first-order valence-electron chi connectivity index (χ1n) is 7.42. The lowest BCUT2D eigenvalue weighted by atomic mass is 10.1. The van der Waals surface area contributed by atoms with Crippen LogP contribution in [0.15, 0.2) is 22.7 Å². The van der Waals surface area contributed by atoms with E-state index < -0.39 is 5.82 Å². The molecule has 0 N–H and O–H groups in total. The van der Waals surface area contributed by atoms with E-state index in [0.29, 0.717) is 36.9 Å². The Kier molecular flexibility index (Phi) is 4.37. The summed E-state index contributed by atoms with van der Waals surface area (Å²) >= 11 is 0. The van der Waals surface area contributed by atoms with Crippen LogP contribution >= 0.6 is 0 Å². The SMILES string of the molecule is Cc1noc([C@H]2CN(Cc3cccc(C#N)c3F)C[C@@H](C)O2)n1. The molecule has 2 heterocycles. The number of aryl methyl sites for hydroxylation is 1. The molecule has 1 aliphatic heterocycles. The fraction of sp³-hybridized carbons (Fsp3) is 0.438. The summed E-state index contributed by atoms with van der Waals surface area (Å²) in [6.07, 6.45) is -0.370. The lowest BCUT2D eigenvalue weighted by Crippen LogP contribution is -2.42. The van der Waals surface area contributed by atoms with Gasteiger partial charge in [-0.05, 0) is 19.9 Å². The molecular weight excluding hydrogens is 299 g/mol. The molecule has 0 amide bonds. The highest BCUT2D eigenvalue weighted by atomic mass is 19.1. The van der Waals surface area contributed by atoms with E-state index in [9.17, 15) is 4.39 Å². The van der Waals surface area contributed by atoms with Crippen molar-refractivity contribution in [1.82, 2.24) is 15.0 Å². The highest BCUT2D eigenvalue weighted by molar-refractivity contribution is 5.34. The van der Waals surface area contributed by atoms with E-state index in [1.165, 1.54) is 6.07 Å². The van der Waals surface area contributed by atoms with Crippen LogP contribution in [0.4, 0.5) is 4.39 Å². The number of hydrogen-bond acceptors (Lipinski definition) is 6. The Balaban J connectivity index is 1.76. The minimum Gasteiger partial charge on any atom is -0.363 e. The van der Waals surface area contributed by atoms with Gasteiger partial charge in [0.05, 0.1) is 11.7 Å². The van der Waals surface area contributed by atoms with Crippen molar-refractivity contribution in [2.75, 3.05) is 13.1 Å². The summed E-state index contributed by atoms with van der Waals surface area (Å²) in [7, 11) is 0. The molecule has 1 fully saturated rings. The van der Waals surface area contributed by atoms with Crippen LogP contribution in [0.1, 0.15) is 35.9 Å². The number of morpholine rings is 1. The van der Waals surface area contributed by atoms with Crippen LogP contribution in [0.3, 0.4) is 0 Å². The van der Waals surface area contributed by atoms with E-state index in [4.69, 9.17) is 14.5 Å². The largest absolute Gasteiger partial charge is 0.363 e. The molecule has 2 aromatic rings. The number of benzene rings is 1. The third kappa shape index (κ3) is 3.38. The molecule has 6 nitrogen and oxygen atoms in total. The quantitative estimate of drug-likeness (QED) is 0.865. The number of hydrogen-bond donors (Lipinski definition) is 0. The van der Waals surface area contributed by atoms with E-state index >= 15 is 0 Å². The van der Waals surface area contributed by atoms with Crippen LogP contribution in [0.25, 0.3) is 0 Å². The van der Waals surface area contributed by atoms with Crippen molar-refractivity contribution in [2.24, 2.45) is 0 Å². The molecule has 0 spiro atoms. The summed E-state index contributed by atoms with van der Waals surface area (Å²) in [4.78, 5) is 6.28. The molecule has 0 radical (unpaired) electrons. The zero-order valence-corrected chi connectivity index (χ0v) is 13.0. The van der Waals surface area contributed by atoms with Gasteiger partial charge in [-0.15, -0.1) is 0 Å². The first kappa shape index (κ1) is 15.6. The third-order valence-corrected chi connectivity index (χ3v) is 3.75. The molecule has 0 aliphatic carbocycles. The van der Waals surface area contributed by atoms with Gasteiger partial charge in [-0.2, -0.15) is 10.2 Å². The maximum atomic E-state index is 14.2. The fourth-order valence-corrected chi connectivity index (χ4v) is 2.78. The molecule has 23 heavy (non-hydrogen) atoms. The molecule has 1 aromatic carbocycles. The van der Waals surface area contributed by atoms with Crippen molar-refractivity contribution >= 4 is 0 Å². The van der Waals surface area contributed by atoms with Gasteiger partial charge in [-0.1, -0.05) is 17.3 Å². The first-order valence-corrected chi connectivity index (χ1v) is 7.42. The number of halogens is 1. The third-order valence-electron chi connectivity index (χ3n) is 3.75.